The Morgan fingerprint density at radius 2 is 1.89 bits per heavy atom. The van der Waals surface area contributed by atoms with Crippen LogP contribution >= 0.6 is 11.3 Å². The minimum Gasteiger partial charge on any atom is -0.481 e. The molecule has 3 heterocycles. The summed E-state index contributed by atoms with van der Waals surface area (Å²) in [6, 6.07) is 10.3. The van der Waals surface area contributed by atoms with Crippen molar-refractivity contribution >= 4 is 39.4 Å². The van der Waals surface area contributed by atoms with E-state index in [9.17, 15) is 14.7 Å². The SMILES string of the molecule is Cn1ncc2cc(-c3ccccc3-c3csc(N(C(=O)[C@@H](CC(=O)O)CC4CCCC4)C4CC4)n3)cnc21. The smallest absolute Gasteiger partial charge is 0.304 e. The monoisotopic (exact) mass is 529 g/mol. The molecule has 1 amide bonds. The van der Waals surface area contributed by atoms with Gasteiger partial charge in [-0.1, -0.05) is 49.9 Å². The minimum atomic E-state index is -0.912. The zero-order valence-electron chi connectivity index (χ0n) is 21.4. The first-order valence-electron chi connectivity index (χ1n) is 13.4. The molecule has 1 N–H and O–H groups in total. The molecule has 0 saturated heterocycles. The molecule has 2 saturated carbocycles. The van der Waals surface area contributed by atoms with E-state index in [1.54, 1.807) is 4.68 Å². The number of aryl methyl sites for hydroxylation is 1. The van der Waals surface area contributed by atoms with Gasteiger partial charge in [0.25, 0.3) is 0 Å². The van der Waals surface area contributed by atoms with Gasteiger partial charge in [-0.05, 0) is 36.8 Å². The molecule has 4 aromatic rings. The third kappa shape index (κ3) is 4.95. The Hall–Kier alpha value is -3.59. The standard InChI is InChI=1S/C29H31N5O3S/c1-33-27-21(16-31-33)13-20(15-30-27)23-8-4-5-9-24(23)25-17-38-29(32-25)34(22-10-11-22)28(37)19(14-26(35)36)12-18-6-2-3-7-18/h4-5,8-9,13,15-19,22H,2-3,6-7,10-12,14H2,1H3,(H,35,36)/t19-/m1/s1. The van der Waals surface area contributed by atoms with E-state index in [1.807, 2.05) is 47.9 Å². The van der Waals surface area contributed by atoms with Crippen molar-refractivity contribution in [1.29, 1.82) is 0 Å². The third-order valence-electron chi connectivity index (χ3n) is 7.80. The molecular formula is C29H31N5O3S. The number of rotatable bonds is 9. The lowest BCUT2D eigenvalue weighted by molar-refractivity contribution is -0.141. The second kappa shape index (κ2) is 10.3. The predicted octanol–water partition coefficient (Wildman–Crippen LogP) is 5.93. The number of aromatic nitrogens is 4. The number of hydrogen-bond acceptors (Lipinski definition) is 6. The summed E-state index contributed by atoms with van der Waals surface area (Å²) in [7, 11) is 1.88. The van der Waals surface area contributed by atoms with Crippen molar-refractivity contribution in [3.8, 4) is 22.4 Å². The second-order valence-corrected chi connectivity index (χ2v) is 11.4. The van der Waals surface area contributed by atoms with E-state index in [1.165, 1.54) is 24.2 Å². The van der Waals surface area contributed by atoms with Gasteiger partial charge in [0.2, 0.25) is 5.91 Å². The minimum absolute atomic E-state index is 0.0813. The van der Waals surface area contributed by atoms with Crippen LogP contribution < -0.4 is 4.90 Å². The molecule has 1 aromatic carbocycles. The fourth-order valence-corrected chi connectivity index (χ4v) is 6.64. The number of anilines is 1. The fourth-order valence-electron chi connectivity index (χ4n) is 5.74. The quantitative estimate of drug-likeness (QED) is 0.289. The average Bonchev–Trinajstić information content (AvgIpc) is 3.27. The van der Waals surface area contributed by atoms with Crippen LogP contribution in [-0.4, -0.2) is 42.8 Å². The Kier molecular flexibility index (Phi) is 6.69. The van der Waals surface area contributed by atoms with Gasteiger partial charge in [0.1, 0.15) is 0 Å². The van der Waals surface area contributed by atoms with Gasteiger partial charge in [-0.2, -0.15) is 5.10 Å². The molecule has 0 bridgehead atoms. The number of carboxylic acid groups (broad SMARTS) is 1. The molecule has 38 heavy (non-hydrogen) atoms. The number of carboxylic acids is 1. The summed E-state index contributed by atoms with van der Waals surface area (Å²) >= 11 is 1.46. The predicted molar refractivity (Wildman–Crippen MR) is 148 cm³/mol. The molecule has 2 fully saturated rings. The van der Waals surface area contributed by atoms with E-state index >= 15 is 0 Å². The van der Waals surface area contributed by atoms with Crippen LogP contribution in [-0.2, 0) is 16.6 Å². The lowest BCUT2D eigenvalue weighted by Gasteiger charge is -2.26. The van der Waals surface area contributed by atoms with E-state index in [4.69, 9.17) is 4.98 Å². The number of hydrogen-bond donors (Lipinski definition) is 1. The molecule has 2 aliphatic carbocycles. The number of aliphatic carboxylic acids is 1. The van der Waals surface area contributed by atoms with Gasteiger partial charge in [-0.15, -0.1) is 11.3 Å². The van der Waals surface area contributed by atoms with Gasteiger partial charge in [-0.3, -0.25) is 19.2 Å². The van der Waals surface area contributed by atoms with Crippen molar-refractivity contribution < 1.29 is 14.7 Å². The number of thiazole rings is 1. The summed E-state index contributed by atoms with van der Waals surface area (Å²) in [6.45, 7) is 0. The number of pyridine rings is 1. The molecule has 9 heteroatoms. The molecule has 0 spiro atoms. The maximum absolute atomic E-state index is 13.8. The zero-order valence-corrected chi connectivity index (χ0v) is 22.2. The summed E-state index contributed by atoms with van der Waals surface area (Å²) in [5.41, 5.74) is 4.59. The number of fused-ring (bicyclic) bond motifs is 1. The molecule has 2 aliphatic rings. The molecule has 196 valence electrons. The molecule has 8 nitrogen and oxygen atoms in total. The van der Waals surface area contributed by atoms with Crippen molar-refractivity contribution in [1.82, 2.24) is 19.7 Å². The van der Waals surface area contributed by atoms with Crippen LogP contribution in [0.5, 0.6) is 0 Å². The lowest BCUT2D eigenvalue weighted by atomic mass is 9.90. The number of benzene rings is 1. The highest BCUT2D eigenvalue weighted by Gasteiger charge is 2.40. The van der Waals surface area contributed by atoms with Crippen LogP contribution in [0.25, 0.3) is 33.4 Å². The third-order valence-corrected chi connectivity index (χ3v) is 8.64. The van der Waals surface area contributed by atoms with Gasteiger partial charge in [0.05, 0.1) is 18.3 Å². The Morgan fingerprint density at radius 1 is 1.13 bits per heavy atom. The maximum atomic E-state index is 13.8. The highest BCUT2D eigenvalue weighted by atomic mass is 32.1. The second-order valence-electron chi connectivity index (χ2n) is 10.6. The Bertz CT molecular complexity index is 1480. The number of amides is 1. The lowest BCUT2D eigenvalue weighted by Crippen LogP contribution is -2.39. The largest absolute Gasteiger partial charge is 0.481 e. The fraction of sp³-hybridized carbons (Fsp3) is 0.414. The number of carbonyl (C=O) groups is 2. The van der Waals surface area contributed by atoms with Crippen LogP contribution in [0.2, 0.25) is 0 Å². The van der Waals surface area contributed by atoms with E-state index < -0.39 is 11.9 Å². The highest BCUT2D eigenvalue weighted by molar-refractivity contribution is 7.14. The van der Waals surface area contributed by atoms with E-state index in [0.717, 1.165) is 59.1 Å². The first kappa shape index (κ1) is 24.7. The summed E-state index contributed by atoms with van der Waals surface area (Å²) in [6.07, 6.45) is 10.6. The van der Waals surface area contributed by atoms with Crippen molar-refractivity contribution in [2.75, 3.05) is 4.90 Å². The van der Waals surface area contributed by atoms with Crippen molar-refractivity contribution in [2.24, 2.45) is 18.9 Å². The molecule has 0 unspecified atom stereocenters. The van der Waals surface area contributed by atoms with Gasteiger partial charge >= 0.3 is 5.97 Å². The zero-order chi connectivity index (χ0) is 26.2. The maximum Gasteiger partial charge on any atom is 0.304 e. The molecule has 0 radical (unpaired) electrons. The molecule has 6 rings (SSSR count). The first-order valence-corrected chi connectivity index (χ1v) is 14.2. The Morgan fingerprint density at radius 3 is 2.63 bits per heavy atom. The van der Waals surface area contributed by atoms with Crippen LogP contribution in [0.1, 0.15) is 51.4 Å². The summed E-state index contributed by atoms with van der Waals surface area (Å²) in [4.78, 5) is 36.9. The van der Waals surface area contributed by atoms with Crippen molar-refractivity contribution in [2.45, 2.75) is 57.4 Å². The average molecular weight is 530 g/mol. The van der Waals surface area contributed by atoms with Crippen LogP contribution in [0, 0.1) is 11.8 Å². The first-order chi connectivity index (χ1) is 18.5. The molecule has 3 aromatic heterocycles. The summed E-state index contributed by atoms with van der Waals surface area (Å²) in [5, 5.41) is 17.5. The van der Waals surface area contributed by atoms with Gasteiger partial charge in [0, 0.05) is 47.1 Å². The highest BCUT2D eigenvalue weighted by Crippen LogP contribution is 2.40. The van der Waals surface area contributed by atoms with E-state index in [-0.39, 0.29) is 18.4 Å². The molecule has 0 aliphatic heterocycles. The van der Waals surface area contributed by atoms with Gasteiger partial charge in [-0.25, -0.2) is 9.97 Å². The van der Waals surface area contributed by atoms with E-state index in [0.29, 0.717) is 17.5 Å². The summed E-state index contributed by atoms with van der Waals surface area (Å²) < 4.78 is 1.76. The Labute approximate surface area is 225 Å². The molecule has 1 atom stereocenters. The van der Waals surface area contributed by atoms with Crippen LogP contribution in [0.4, 0.5) is 5.13 Å². The summed E-state index contributed by atoms with van der Waals surface area (Å²) in [5.74, 6) is -1.06. The van der Waals surface area contributed by atoms with Crippen molar-refractivity contribution in [3.05, 3.63) is 48.1 Å². The topological polar surface area (TPSA) is 101 Å². The normalized spacial score (nSPS) is 16.7. The van der Waals surface area contributed by atoms with Crippen molar-refractivity contribution in [3.63, 3.8) is 0 Å². The van der Waals surface area contributed by atoms with Crippen LogP contribution in [0.3, 0.4) is 0 Å². The van der Waals surface area contributed by atoms with Gasteiger partial charge in [0.15, 0.2) is 10.8 Å². The van der Waals surface area contributed by atoms with Gasteiger partial charge < -0.3 is 5.11 Å². The number of nitrogens with zero attached hydrogens (tertiary/aromatic N) is 5. The van der Waals surface area contributed by atoms with E-state index in [2.05, 4.69) is 22.2 Å². The number of carbonyl (C=O) groups excluding carboxylic acids is 1. The van der Waals surface area contributed by atoms with Crippen LogP contribution in [0.15, 0.2) is 48.1 Å². The Balaban J connectivity index is 1.31. The molecular weight excluding hydrogens is 498 g/mol.